The zero-order valence-corrected chi connectivity index (χ0v) is 20.9. The van der Waals surface area contributed by atoms with Gasteiger partial charge in [-0.1, -0.05) is 0 Å². The molecule has 0 amide bonds. The van der Waals surface area contributed by atoms with E-state index < -0.39 is 25.4 Å². The van der Waals surface area contributed by atoms with Crippen LogP contribution in [0.15, 0.2) is 0 Å². The van der Waals surface area contributed by atoms with E-state index in [0.29, 0.717) is 13.2 Å². The van der Waals surface area contributed by atoms with Crippen LogP contribution in [-0.4, -0.2) is 55.4 Å². The third kappa shape index (κ3) is 9.91. The fraction of sp³-hybridized carbons (Fsp3) is 1.00. The average Bonchev–Trinajstić information content (AvgIpc) is 2.68. The Bertz CT molecular complexity index is 370. The molecule has 0 unspecified atom stereocenters. The van der Waals surface area contributed by atoms with Gasteiger partial charge >= 0.3 is 161 Å². The molecule has 0 spiro atoms. The Hall–Kier alpha value is 0.599. The van der Waals surface area contributed by atoms with Crippen LogP contribution in [0.1, 0.15) is 82.1 Å². The molecule has 6 heteroatoms. The SMILES string of the molecule is CC(C)(C)[O][Sn]([CH2]CCC1(C)OCCO1)([O]C(C)(C)C)[O]C(C)(C)C. The summed E-state index contributed by atoms with van der Waals surface area (Å²) in [5.41, 5.74) is -0.926. The minimum atomic E-state index is -3.84. The van der Waals surface area contributed by atoms with Crippen LogP contribution in [0.2, 0.25) is 4.44 Å². The maximum atomic E-state index is 6.56. The summed E-state index contributed by atoms with van der Waals surface area (Å²) in [6.45, 7) is 22.0. The van der Waals surface area contributed by atoms with Crippen LogP contribution in [-0.2, 0) is 18.7 Å². The van der Waals surface area contributed by atoms with Crippen molar-refractivity contribution in [2.45, 2.75) is 109 Å². The van der Waals surface area contributed by atoms with Crippen LogP contribution in [0.5, 0.6) is 0 Å². The summed E-state index contributed by atoms with van der Waals surface area (Å²) in [5, 5.41) is 0. The predicted octanol–water partition coefficient (Wildman–Crippen LogP) is 4.91. The summed E-state index contributed by atoms with van der Waals surface area (Å²) in [7, 11) is 0. The standard InChI is InChI=1S/C7H13O2.3C4H9O.Sn/c1-3-4-7(2)8-5-6-9-7;3*1-4(2,3)5;/h1,3-6H2,2H3;3*1-3H3;/q;3*-1;+3. The van der Waals surface area contributed by atoms with Gasteiger partial charge in [0, 0.05) is 0 Å². The summed E-state index contributed by atoms with van der Waals surface area (Å²) in [6.07, 6.45) is 1.72. The number of rotatable bonds is 7. The first kappa shape index (κ1) is 23.6. The van der Waals surface area contributed by atoms with E-state index in [1.54, 1.807) is 0 Å². The average molecular weight is 467 g/mol. The van der Waals surface area contributed by atoms with Crippen molar-refractivity contribution in [3.8, 4) is 0 Å². The van der Waals surface area contributed by atoms with Crippen molar-refractivity contribution in [1.29, 1.82) is 0 Å². The fourth-order valence-corrected chi connectivity index (χ4v) is 13.9. The Labute approximate surface area is 160 Å². The topological polar surface area (TPSA) is 46.2 Å². The zero-order valence-electron chi connectivity index (χ0n) is 18.1. The minimum absolute atomic E-state index is 0.309. The Balaban J connectivity index is 2.95. The van der Waals surface area contributed by atoms with Crippen molar-refractivity contribution in [2.75, 3.05) is 13.2 Å². The number of ether oxygens (including phenoxy) is 2. The molecular weight excluding hydrogens is 427 g/mol. The number of hydrogen-bond acceptors (Lipinski definition) is 5. The van der Waals surface area contributed by atoms with Crippen LogP contribution < -0.4 is 0 Å². The fourth-order valence-electron chi connectivity index (χ4n) is 2.94. The maximum absolute atomic E-state index is 6.56. The zero-order chi connectivity index (χ0) is 19.6. The third-order valence-electron chi connectivity index (χ3n) is 3.40. The van der Waals surface area contributed by atoms with Crippen LogP contribution in [0.4, 0.5) is 0 Å². The molecule has 0 aromatic rings. The third-order valence-corrected chi connectivity index (χ3v) is 14.1. The van der Waals surface area contributed by atoms with Crippen LogP contribution >= 0.6 is 0 Å². The first-order valence-electron chi connectivity index (χ1n) is 9.42. The van der Waals surface area contributed by atoms with E-state index in [1.807, 2.05) is 6.92 Å². The molecule has 0 radical (unpaired) electrons. The van der Waals surface area contributed by atoms with Gasteiger partial charge < -0.3 is 0 Å². The first-order valence-corrected chi connectivity index (χ1v) is 14.9. The van der Waals surface area contributed by atoms with Gasteiger partial charge in [0.25, 0.3) is 0 Å². The summed E-state index contributed by atoms with van der Waals surface area (Å²) < 4.78 is 32.0. The van der Waals surface area contributed by atoms with Crippen molar-refractivity contribution in [2.24, 2.45) is 0 Å². The molecule has 0 N–H and O–H groups in total. The van der Waals surface area contributed by atoms with E-state index in [1.165, 1.54) is 0 Å². The van der Waals surface area contributed by atoms with Gasteiger partial charge in [-0.15, -0.1) is 0 Å². The Morgan fingerprint density at radius 1 is 0.760 bits per heavy atom. The molecule has 0 aromatic heterocycles. The van der Waals surface area contributed by atoms with E-state index in [-0.39, 0.29) is 16.8 Å². The van der Waals surface area contributed by atoms with Gasteiger partial charge in [-0.2, -0.15) is 0 Å². The molecular formula is C19H40O5Sn. The first-order chi connectivity index (χ1) is 11.0. The summed E-state index contributed by atoms with van der Waals surface area (Å²) in [6, 6.07) is 0. The molecule has 25 heavy (non-hydrogen) atoms. The van der Waals surface area contributed by atoms with E-state index in [0.717, 1.165) is 17.3 Å². The van der Waals surface area contributed by atoms with Crippen LogP contribution in [0.3, 0.4) is 0 Å². The molecule has 0 saturated carbocycles. The Morgan fingerprint density at radius 2 is 1.12 bits per heavy atom. The van der Waals surface area contributed by atoms with Gasteiger partial charge in [0.15, 0.2) is 0 Å². The van der Waals surface area contributed by atoms with Gasteiger partial charge in [0.05, 0.1) is 0 Å². The molecule has 1 rings (SSSR count). The molecule has 0 aliphatic carbocycles. The summed E-state index contributed by atoms with van der Waals surface area (Å²) in [4.78, 5) is 0. The van der Waals surface area contributed by atoms with Gasteiger partial charge in [0.2, 0.25) is 0 Å². The molecule has 1 aliphatic rings. The monoisotopic (exact) mass is 468 g/mol. The van der Waals surface area contributed by atoms with Crippen molar-refractivity contribution >= 4 is 19.6 Å². The van der Waals surface area contributed by atoms with Crippen molar-refractivity contribution < 1.29 is 18.7 Å². The van der Waals surface area contributed by atoms with Crippen molar-refractivity contribution in [1.82, 2.24) is 0 Å². The Kier molecular flexibility index (Phi) is 7.86. The molecule has 0 aromatic carbocycles. The quantitative estimate of drug-likeness (QED) is 0.498. The van der Waals surface area contributed by atoms with E-state index in [9.17, 15) is 0 Å². The molecule has 1 saturated heterocycles. The van der Waals surface area contributed by atoms with Gasteiger partial charge in [-0.25, -0.2) is 0 Å². The van der Waals surface area contributed by atoms with Crippen LogP contribution in [0, 0.1) is 0 Å². The molecule has 150 valence electrons. The van der Waals surface area contributed by atoms with Crippen molar-refractivity contribution in [3.63, 3.8) is 0 Å². The van der Waals surface area contributed by atoms with E-state index >= 15 is 0 Å². The van der Waals surface area contributed by atoms with Gasteiger partial charge in [-0.05, 0) is 0 Å². The normalized spacial score (nSPS) is 19.4. The Morgan fingerprint density at radius 3 is 1.44 bits per heavy atom. The van der Waals surface area contributed by atoms with Crippen LogP contribution in [0.25, 0.3) is 0 Å². The molecule has 1 fully saturated rings. The summed E-state index contributed by atoms with van der Waals surface area (Å²) in [5.74, 6) is -0.483. The van der Waals surface area contributed by atoms with E-state index in [2.05, 4.69) is 62.3 Å². The second kappa shape index (κ2) is 8.31. The molecule has 0 atom stereocenters. The second-order valence-electron chi connectivity index (χ2n) is 10.0. The van der Waals surface area contributed by atoms with Crippen molar-refractivity contribution in [3.05, 3.63) is 0 Å². The second-order valence-corrected chi connectivity index (χ2v) is 17.1. The summed E-state index contributed by atoms with van der Waals surface area (Å²) >= 11 is -3.84. The van der Waals surface area contributed by atoms with Gasteiger partial charge in [0.1, 0.15) is 0 Å². The number of hydrogen-bond donors (Lipinski definition) is 0. The van der Waals surface area contributed by atoms with Gasteiger partial charge in [-0.3, -0.25) is 0 Å². The molecule has 0 bridgehead atoms. The molecule has 1 heterocycles. The van der Waals surface area contributed by atoms with E-state index in [4.69, 9.17) is 18.7 Å². The molecule has 1 aliphatic heterocycles. The predicted molar refractivity (Wildman–Crippen MR) is 103 cm³/mol. The molecule has 5 nitrogen and oxygen atoms in total.